The molecule has 0 bridgehead atoms. The van der Waals surface area contributed by atoms with E-state index in [1.165, 1.54) is 0 Å². The fourth-order valence-electron chi connectivity index (χ4n) is 3.83. The lowest BCUT2D eigenvalue weighted by Gasteiger charge is -2.12. The Balaban J connectivity index is 1.73. The molecule has 1 aliphatic carbocycles. The Kier molecular flexibility index (Phi) is 5.95. The van der Waals surface area contributed by atoms with Crippen molar-refractivity contribution in [3.05, 3.63) is 44.3 Å². The van der Waals surface area contributed by atoms with E-state index in [0.717, 1.165) is 45.5 Å². The zero-order valence-corrected chi connectivity index (χ0v) is 18.3. The number of aromatic nitrogens is 4. The Bertz CT molecular complexity index is 1050. The minimum absolute atomic E-state index is 0.0292. The topological polar surface area (TPSA) is 81.7 Å². The number of hydrogen-bond donors (Lipinski definition) is 2. The quantitative estimate of drug-likeness (QED) is 0.287. The first kappa shape index (κ1) is 20.4. The second-order valence-electron chi connectivity index (χ2n) is 7.31. The van der Waals surface area contributed by atoms with E-state index in [9.17, 15) is 8.78 Å². The van der Waals surface area contributed by atoms with E-state index in [2.05, 4.69) is 55.8 Å². The minimum atomic E-state index is -0.909. The fourth-order valence-corrected chi connectivity index (χ4v) is 4.55. The van der Waals surface area contributed by atoms with Gasteiger partial charge in [0.2, 0.25) is 0 Å². The van der Waals surface area contributed by atoms with Crippen LogP contribution in [0.2, 0.25) is 0 Å². The molecule has 0 fully saturated rings. The third kappa shape index (κ3) is 4.07. The summed E-state index contributed by atoms with van der Waals surface area (Å²) in [6.07, 6.45) is 1.06. The Hall–Kier alpha value is -1.88. The van der Waals surface area contributed by atoms with E-state index < -0.39 is 12.2 Å². The first-order valence-corrected chi connectivity index (χ1v) is 10.9. The van der Waals surface area contributed by atoms with Gasteiger partial charge in [-0.25, -0.2) is 9.37 Å². The SMILES string of the molecule is CCCNCCn1c(Cc2cc3c(cc2I)CCC3F)nc2c(N)nc(F)nc21. The lowest BCUT2D eigenvalue weighted by molar-refractivity contribution is 0.343. The van der Waals surface area contributed by atoms with Crippen molar-refractivity contribution < 1.29 is 8.78 Å². The molecule has 1 aromatic carbocycles. The van der Waals surface area contributed by atoms with Gasteiger partial charge in [-0.1, -0.05) is 13.0 Å². The van der Waals surface area contributed by atoms with E-state index in [-0.39, 0.29) is 5.82 Å². The van der Waals surface area contributed by atoms with E-state index in [0.29, 0.717) is 37.1 Å². The molecule has 0 aliphatic heterocycles. The van der Waals surface area contributed by atoms with Crippen LogP contribution in [-0.2, 0) is 19.4 Å². The largest absolute Gasteiger partial charge is 0.382 e. The molecule has 29 heavy (non-hydrogen) atoms. The number of benzene rings is 1. The summed E-state index contributed by atoms with van der Waals surface area (Å²) in [5, 5.41) is 3.34. The summed E-state index contributed by atoms with van der Waals surface area (Å²) in [5.74, 6) is 0.748. The van der Waals surface area contributed by atoms with Gasteiger partial charge >= 0.3 is 6.08 Å². The normalized spacial score (nSPS) is 15.9. The van der Waals surface area contributed by atoms with Crippen LogP contribution in [0.1, 0.15) is 48.5 Å². The van der Waals surface area contributed by atoms with Gasteiger partial charge in [0, 0.05) is 23.1 Å². The predicted octanol–water partition coefficient (Wildman–Crippen LogP) is 3.70. The van der Waals surface area contributed by atoms with Crippen LogP contribution < -0.4 is 11.1 Å². The number of imidazole rings is 1. The highest BCUT2D eigenvalue weighted by molar-refractivity contribution is 14.1. The predicted molar refractivity (Wildman–Crippen MR) is 117 cm³/mol. The van der Waals surface area contributed by atoms with Crippen LogP contribution in [0.3, 0.4) is 0 Å². The van der Waals surface area contributed by atoms with Gasteiger partial charge in [-0.3, -0.25) is 0 Å². The van der Waals surface area contributed by atoms with Crippen molar-refractivity contribution in [2.75, 3.05) is 18.8 Å². The first-order chi connectivity index (χ1) is 14.0. The average Bonchev–Trinajstić information content (AvgIpc) is 3.20. The van der Waals surface area contributed by atoms with Gasteiger partial charge in [0.25, 0.3) is 0 Å². The average molecular weight is 512 g/mol. The Morgan fingerprint density at radius 1 is 1.28 bits per heavy atom. The van der Waals surface area contributed by atoms with Crippen LogP contribution in [0, 0.1) is 9.65 Å². The number of anilines is 1. The Morgan fingerprint density at radius 2 is 2.10 bits per heavy atom. The molecule has 0 amide bonds. The summed E-state index contributed by atoms with van der Waals surface area (Å²) >= 11 is 2.29. The third-order valence-electron chi connectivity index (χ3n) is 5.27. The number of halogens is 3. The second kappa shape index (κ2) is 8.47. The first-order valence-electron chi connectivity index (χ1n) is 9.82. The van der Waals surface area contributed by atoms with Gasteiger partial charge < -0.3 is 15.6 Å². The standard InChI is InChI=1S/C20H23F2IN6/c1-2-5-25-6-7-29-16(26-17-18(24)27-20(22)28-19(17)29)10-12-8-13-11(9-15(12)23)3-4-14(13)21/h8-9,14,25H,2-7,10H2,1H3,(H2,24,27,28). The number of nitrogens with zero attached hydrogens (tertiary/aromatic N) is 4. The Morgan fingerprint density at radius 3 is 2.90 bits per heavy atom. The van der Waals surface area contributed by atoms with Gasteiger partial charge in [0.1, 0.15) is 12.0 Å². The van der Waals surface area contributed by atoms with Crippen molar-refractivity contribution in [1.29, 1.82) is 0 Å². The van der Waals surface area contributed by atoms with Crippen molar-refractivity contribution in [1.82, 2.24) is 24.8 Å². The number of hydrogen-bond acceptors (Lipinski definition) is 5. The van der Waals surface area contributed by atoms with Crippen LogP contribution in [-0.4, -0.2) is 32.6 Å². The van der Waals surface area contributed by atoms with Crippen molar-refractivity contribution in [2.24, 2.45) is 0 Å². The lowest BCUT2D eigenvalue weighted by Crippen LogP contribution is -2.22. The number of nitrogens with two attached hydrogens (primary N) is 1. The van der Waals surface area contributed by atoms with E-state index >= 15 is 0 Å². The Labute approximate surface area is 181 Å². The highest BCUT2D eigenvalue weighted by Crippen LogP contribution is 2.36. The molecule has 4 rings (SSSR count). The summed E-state index contributed by atoms with van der Waals surface area (Å²) in [7, 11) is 0. The van der Waals surface area contributed by atoms with Crippen LogP contribution in [0.4, 0.5) is 14.6 Å². The van der Waals surface area contributed by atoms with Crippen LogP contribution in [0.15, 0.2) is 12.1 Å². The summed E-state index contributed by atoms with van der Waals surface area (Å²) in [4.78, 5) is 12.2. The highest BCUT2D eigenvalue weighted by atomic mass is 127. The fraction of sp³-hybridized carbons (Fsp3) is 0.450. The molecule has 2 heterocycles. The molecule has 1 unspecified atom stereocenters. The number of nitrogens with one attached hydrogen (secondary N) is 1. The number of aryl methyl sites for hydroxylation is 1. The van der Waals surface area contributed by atoms with Crippen LogP contribution in [0.5, 0.6) is 0 Å². The summed E-state index contributed by atoms with van der Waals surface area (Å²) in [6.45, 7) is 4.27. The van der Waals surface area contributed by atoms with Crippen molar-refractivity contribution >= 4 is 39.6 Å². The van der Waals surface area contributed by atoms with Crippen LogP contribution in [0.25, 0.3) is 11.2 Å². The molecule has 0 spiro atoms. The molecule has 1 atom stereocenters. The number of nitrogen functional groups attached to an aromatic ring is 1. The molecular formula is C20H23F2IN6. The molecular weight excluding hydrogens is 489 g/mol. The molecule has 3 N–H and O–H groups in total. The molecule has 3 aromatic rings. The van der Waals surface area contributed by atoms with Gasteiger partial charge in [-0.15, -0.1) is 0 Å². The van der Waals surface area contributed by atoms with E-state index in [4.69, 9.17) is 5.73 Å². The summed E-state index contributed by atoms with van der Waals surface area (Å²) in [5.41, 5.74) is 9.55. The molecule has 0 saturated carbocycles. The molecule has 0 radical (unpaired) electrons. The summed E-state index contributed by atoms with van der Waals surface area (Å²) in [6, 6.07) is 4.01. The van der Waals surface area contributed by atoms with E-state index in [1.54, 1.807) is 0 Å². The van der Waals surface area contributed by atoms with Gasteiger partial charge in [-0.05, 0) is 71.2 Å². The van der Waals surface area contributed by atoms with Crippen molar-refractivity contribution in [3.63, 3.8) is 0 Å². The highest BCUT2D eigenvalue weighted by Gasteiger charge is 2.24. The lowest BCUT2D eigenvalue weighted by atomic mass is 10.0. The van der Waals surface area contributed by atoms with Crippen molar-refractivity contribution in [3.8, 4) is 0 Å². The maximum Gasteiger partial charge on any atom is 0.312 e. The smallest absolute Gasteiger partial charge is 0.312 e. The maximum absolute atomic E-state index is 14.2. The number of fused-ring (bicyclic) bond motifs is 2. The van der Waals surface area contributed by atoms with Gasteiger partial charge in [0.15, 0.2) is 17.0 Å². The number of alkyl halides is 1. The number of rotatable bonds is 7. The molecule has 2 aromatic heterocycles. The molecule has 1 aliphatic rings. The monoisotopic (exact) mass is 512 g/mol. The minimum Gasteiger partial charge on any atom is -0.382 e. The summed E-state index contributed by atoms with van der Waals surface area (Å²) < 4.78 is 31.0. The zero-order valence-electron chi connectivity index (χ0n) is 16.2. The third-order valence-corrected chi connectivity index (χ3v) is 6.28. The van der Waals surface area contributed by atoms with E-state index in [1.807, 2.05) is 10.6 Å². The second-order valence-corrected chi connectivity index (χ2v) is 8.47. The molecule has 0 saturated heterocycles. The van der Waals surface area contributed by atoms with Gasteiger partial charge in [0.05, 0.1) is 0 Å². The van der Waals surface area contributed by atoms with Gasteiger partial charge in [-0.2, -0.15) is 14.4 Å². The maximum atomic E-state index is 14.2. The van der Waals surface area contributed by atoms with Crippen molar-refractivity contribution in [2.45, 2.75) is 45.3 Å². The van der Waals surface area contributed by atoms with Crippen LogP contribution >= 0.6 is 22.6 Å². The zero-order chi connectivity index (χ0) is 20.5. The molecule has 6 nitrogen and oxygen atoms in total. The molecule has 9 heteroatoms. The molecule has 154 valence electrons.